The van der Waals surface area contributed by atoms with Gasteiger partial charge in [-0.25, -0.2) is 9.00 Å². The van der Waals surface area contributed by atoms with E-state index in [1.54, 1.807) is 42.5 Å². The van der Waals surface area contributed by atoms with E-state index < -0.39 is 15.3 Å². The quantitative estimate of drug-likeness (QED) is 0.0736. The third kappa shape index (κ3) is 12.3. The van der Waals surface area contributed by atoms with Gasteiger partial charge in [0.2, 0.25) is 0 Å². The molecule has 2 aliphatic rings. The molecule has 17 heteroatoms. The first-order valence-corrected chi connectivity index (χ1v) is 13.8. The van der Waals surface area contributed by atoms with Gasteiger partial charge in [0.25, 0.3) is 11.8 Å². The van der Waals surface area contributed by atoms with E-state index in [0.29, 0.717) is 17.1 Å². The second-order valence-corrected chi connectivity index (χ2v) is 9.66. The van der Waals surface area contributed by atoms with Crippen LogP contribution in [0.15, 0.2) is 71.6 Å². The van der Waals surface area contributed by atoms with Crippen molar-refractivity contribution in [1.29, 1.82) is 0 Å². The molecule has 5 N–H and O–H groups in total. The molecular formula is C23H20ClIN3O10S2-. The number of phenols is 1. The van der Waals surface area contributed by atoms with Gasteiger partial charge in [-0.05, 0) is 42.5 Å². The lowest BCUT2D eigenvalue weighted by Gasteiger charge is -2.17. The number of nitrogens with two attached hydrogens (primary N) is 1. The van der Waals surface area contributed by atoms with Gasteiger partial charge in [0.1, 0.15) is 28.6 Å². The van der Waals surface area contributed by atoms with Crippen LogP contribution in [0.5, 0.6) is 17.2 Å². The fourth-order valence-corrected chi connectivity index (χ4v) is 3.43. The Kier molecular flexibility index (Phi) is 14.3. The average molecular weight is 725 g/mol. The Labute approximate surface area is 253 Å². The number of carbonyl (C=O) groups excluding carboxylic acids is 3. The molecule has 0 bridgehead atoms. The monoisotopic (exact) mass is 724 g/mol. The molecule has 5 rings (SSSR count). The van der Waals surface area contributed by atoms with Crippen molar-refractivity contribution in [2.24, 2.45) is 0 Å². The number of para-hydroxylation sites is 4. The number of carbonyl (C=O) groups is 3. The minimum Gasteiger partial charge on any atom is -0.749 e. The van der Waals surface area contributed by atoms with Crippen LogP contribution in [0.25, 0.3) is 0 Å². The number of phenolic OH excluding ortho intramolecular Hbond substituents is 1. The average Bonchev–Trinajstić information content (AvgIpc) is 2.94. The van der Waals surface area contributed by atoms with Crippen molar-refractivity contribution in [3.05, 3.63) is 66.7 Å². The first kappa shape index (κ1) is 32.9. The number of nitrogens with one attached hydrogen (secondary N) is 2. The Morgan fingerprint density at radius 1 is 1.00 bits per heavy atom. The summed E-state index contributed by atoms with van der Waals surface area (Å²) in [6.45, 7) is 0.152. The molecule has 2 aliphatic heterocycles. The fraction of sp³-hybridized carbons (Fsp3) is 0.0870. The van der Waals surface area contributed by atoms with E-state index in [2.05, 4.69) is 26.2 Å². The van der Waals surface area contributed by atoms with Crippen molar-refractivity contribution in [3.8, 4) is 17.2 Å². The SMILES string of the molecule is Nc1ccccc1O.O=C1COc2ccc(SOC(=O)I)cc2N1.O=C1COc2ccccc2N1.O=S([O-])OCl. The highest BCUT2D eigenvalue weighted by Crippen LogP contribution is 2.33. The number of rotatable bonds is 3. The summed E-state index contributed by atoms with van der Waals surface area (Å²) >= 11 is 4.14. The van der Waals surface area contributed by atoms with Crippen molar-refractivity contribution in [1.82, 2.24) is 0 Å². The molecule has 0 aromatic heterocycles. The van der Waals surface area contributed by atoms with Crippen molar-refractivity contribution < 1.29 is 45.6 Å². The fourth-order valence-electron chi connectivity index (χ4n) is 2.71. The van der Waals surface area contributed by atoms with Crippen LogP contribution in [0.1, 0.15) is 0 Å². The minimum absolute atomic E-state index is 0.0300. The van der Waals surface area contributed by atoms with Crippen LogP contribution < -0.4 is 25.8 Å². The predicted molar refractivity (Wildman–Crippen MR) is 156 cm³/mol. The minimum atomic E-state index is -2.56. The highest BCUT2D eigenvalue weighted by atomic mass is 127. The first-order valence-electron chi connectivity index (χ1n) is 10.6. The zero-order valence-electron chi connectivity index (χ0n) is 20.0. The van der Waals surface area contributed by atoms with Gasteiger partial charge < -0.3 is 39.7 Å². The number of aromatic hydroxyl groups is 1. The molecule has 0 fully saturated rings. The lowest BCUT2D eigenvalue weighted by molar-refractivity contribution is -0.119. The third-order valence-electron chi connectivity index (χ3n) is 4.30. The smallest absolute Gasteiger partial charge is 0.379 e. The predicted octanol–water partition coefficient (Wildman–Crippen LogP) is 4.54. The topological polar surface area (TPSA) is 199 Å². The summed E-state index contributed by atoms with van der Waals surface area (Å²) in [4.78, 5) is 33.2. The Hall–Kier alpha value is -3.29. The van der Waals surface area contributed by atoms with Gasteiger partial charge in [0.15, 0.2) is 13.2 Å². The number of hydrogen-bond acceptors (Lipinski definition) is 12. The van der Waals surface area contributed by atoms with E-state index in [9.17, 15) is 14.4 Å². The van der Waals surface area contributed by atoms with E-state index >= 15 is 0 Å². The summed E-state index contributed by atoms with van der Waals surface area (Å²) < 4.78 is 35.8. The first-order chi connectivity index (χ1) is 19.1. The normalized spacial score (nSPS) is 13.1. The van der Waals surface area contributed by atoms with Crippen molar-refractivity contribution in [3.63, 3.8) is 0 Å². The number of hydrogen-bond donors (Lipinski definition) is 4. The maximum atomic E-state index is 11.1. The lowest BCUT2D eigenvalue weighted by Crippen LogP contribution is -2.25. The zero-order chi connectivity index (χ0) is 29.5. The van der Waals surface area contributed by atoms with Gasteiger partial charge in [-0.15, -0.1) is 0 Å². The number of halogens is 2. The van der Waals surface area contributed by atoms with E-state index in [4.69, 9.17) is 33.3 Å². The molecule has 0 spiro atoms. The Bertz CT molecular complexity index is 1330. The number of nitrogen functional groups attached to an aromatic ring is 1. The van der Waals surface area contributed by atoms with Crippen molar-refractivity contribution in [2.45, 2.75) is 4.90 Å². The van der Waals surface area contributed by atoms with Crippen LogP contribution >= 0.6 is 46.5 Å². The number of benzene rings is 3. The van der Waals surface area contributed by atoms with Gasteiger partial charge in [-0.2, -0.15) is 3.74 Å². The van der Waals surface area contributed by atoms with E-state index in [1.165, 1.54) is 22.6 Å². The van der Waals surface area contributed by atoms with E-state index in [-0.39, 0.29) is 30.8 Å². The van der Waals surface area contributed by atoms with Gasteiger partial charge in [-0.3, -0.25) is 9.59 Å². The summed E-state index contributed by atoms with van der Waals surface area (Å²) in [6.07, 6.45) is 0. The van der Waals surface area contributed by atoms with E-state index in [0.717, 1.165) is 28.4 Å². The molecule has 3 aromatic rings. The molecule has 40 heavy (non-hydrogen) atoms. The molecule has 0 saturated heterocycles. The Balaban J connectivity index is 0.000000203. The number of fused-ring (bicyclic) bond motifs is 2. The molecule has 1 atom stereocenters. The number of ether oxygens (including phenoxy) is 2. The van der Waals surface area contributed by atoms with Gasteiger partial charge in [0, 0.05) is 0 Å². The largest absolute Gasteiger partial charge is 0.749 e. The maximum Gasteiger partial charge on any atom is 0.379 e. The molecule has 0 saturated carbocycles. The summed E-state index contributed by atoms with van der Waals surface area (Å²) in [7, 11) is 0. The van der Waals surface area contributed by atoms with Gasteiger partial charge in [0.05, 0.1) is 68.5 Å². The molecule has 1 unspecified atom stereocenters. The molecule has 0 aliphatic carbocycles. The summed E-state index contributed by atoms with van der Waals surface area (Å²) in [5, 5.41) is 14.2. The highest BCUT2D eigenvalue weighted by molar-refractivity contribution is 14.1. The van der Waals surface area contributed by atoms with Crippen LogP contribution in [-0.2, 0) is 28.9 Å². The third-order valence-corrected chi connectivity index (χ3v) is 5.91. The van der Waals surface area contributed by atoms with Crippen LogP contribution in [0.4, 0.5) is 21.9 Å². The molecule has 214 valence electrons. The molecule has 0 radical (unpaired) electrons. The number of anilines is 3. The van der Waals surface area contributed by atoms with Gasteiger partial charge >= 0.3 is 3.98 Å². The van der Waals surface area contributed by atoms with Crippen molar-refractivity contribution >= 4 is 90.7 Å². The lowest BCUT2D eigenvalue weighted by atomic mass is 10.2. The standard InChI is InChI=1S/C9H6INO4S.C8H7NO2.C6H7NO.ClHO3S/c10-9(13)15-16-5-1-2-7-6(3-5)11-8(12)4-14-7;10-8-5-11-7-4-2-1-3-6(7)9-8;7-5-3-1-2-4-6(5)8;1-4-5(2)3/h1-3H,4H2,(H,11,12);1-4H,5H2,(H,9,10);1-4,8H,7H2;(H,2,3)/p-1. The highest BCUT2D eigenvalue weighted by Gasteiger charge is 2.16. The second-order valence-electron chi connectivity index (χ2n) is 7.06. The van der Waals surface area contributed by atoms with E-state index in [1.807, 2.05) is 24.3 Å². The van der Waals surface area contributed by atoms with Crippen LogP contribution in [0.2, 0.25) is 0 Å². The summed E-state index contributed by atoms with van der Waals surface area (Å²) in [5.74, 6) is 1.22. The maximum absolute atomic E-state index is 11.1. The summed E-state index contributed by atoms with van der Waals surface area (Å²) in [6, 6.07) is 19.2. The molecule has 3 aromatic carbocycles. The molecule has 13 nitrogen and oxygen atoms in total. The van der Waals surface area contributed by atoms with Crippen molar-refractivity contribution in [2.75, 3.05) is 29.6 Å². The van der Waals surface area contributed by atoms with Crippen LogP contribution in [0, 0.1) is 0 Å². The summed E-state index contributed by atoms with van der Waals surface area (Å²) in [5.41, 5.74) is 7.04. The Morgan fingerprint density at radius 3 is 2.10 bits per heavy atom. The van der Waals surface area contributed by atoms with Crippen LogP contribution in [0.3, 0.4) is 0 Å². The Morgan fingerprint density at radius 2 is 1.55 bits per heavy atom. The number of amides is 2. The zero-order valence-corrected chi connectivity index (χ0v) is 24.6. The van der Waals surface area contributed by atoms with Crippen LogP contribution in [-0.4, -0.2) is 42.9 Å². The molecule has 2 heterocycles. The molecule has 2 amide bonds. The second kappa shape index (κ2) is 17.4. The molecular weight excluding hydrogens is 705 g/mol. The van der Waals surface area contributed by atoms with Gasteiger partial charge in [-0.1, -0.05) is 24.3 Å².